The summed E-state index contributed by atoms with van der Waals surface area (Å²) in [5, 5.41) is 4.45. The predicted octanol–water partition coefficient (Wildman–Crippen LogP) is 4.14. The Kier molecular flexibility index (Phi) is 6.01. The van der Waals surface area contributed by atoms with Crippen molar-refractivity contribution >= 4 is 27.7 Å². The average molecular weight is 352 g/mol. The molecule has 1 heterocycles. The normalized spacial score (nSPS) is 11.0. The molecule has 0 aliphatic rings. The molecule has 106 valence electrons. The van der Waals surface area contributed by atoms with Crippen LogP contribution in [0.3, 0.4) is 0 Å². The summed E-state index contributed by atoms with van der Waals surface area (Å²) in [5.41, 5.74) is 1.28. The molecule has 0 aliphatic heterocycles. The quantitative estimate of drug-likeness (QED) is 0.793. The Morgan fingerprint density at radius 1 is 1.30 bits per heavy atom. The van der Waals surface area contributed by atoms with Crippen molar-refractivity contribution in [3.05, 3.63) is 46.8 Å². The summed E-state index contributed by atoms with van der Waals surface area (Å²) in [7, 11) is 0. The van der Waals surface area contributed by atoms with Crippen molar-refractivity contribution in [1.82, 2.24) is 15.3 Å². The Morgan fingerprint density at radius 3 is 2.85 bits per heavy atom. The smallest absolute Gasteiger partial charge is 0.116 e. The summed E-state index contributed by atoms with van der Waals surface area (Å²) < 4.78 is 1.10. The fourth-order valence-corrected chi connectivity index (χ4v) is 2.99. The minimum atomic E-state index is 0.653. The van der Waals surface area contributed by atoms with Crippen molar-refractivity contribution < 1.29 is 0 Å². The molecule has 0 amide bonds. The molecule has 0 bridgehead atoms. The van der Waals surface area contributed by atoms with Gasteiger partial charge in [0, 0.05) is 22.1 Å². The van der Waals surface area contributed by atoms with E-state index in [1.165, 1.54) is 10.5 Å². The Labute approximate surface area is 132 Å². The van der Waals surface area contributed by atoms with Gasteiger partial charge >= 0.3 is 0 Å². The van der Waals surface area contributed by atoms with Gasteiger partial charge in [0.25, 0.3) is 0 Å². The Morgan fingerprint density at radius 2 is 2.15 bits per heavy atom. The average Bonchev–Trinajstić information content (AvgIpc) is 2.42. The van der Waals surface area contributed by atoms with Crippen LogP contribution in [0.5, 0.6) is 0 Å². The van der Waals surface area contributed by atoms with E-state index < -0.39 is 0 Å². The largest absolute Gasteiger partial charge is 0.312 e. The van der Waals surface area contributed by atoms with E-state index in [-0.39, 0.29) is 0 Å². The fraction of sp³-hybridized carbons (Fsp3) is 0.333. The first-order valence-corrected chi connectivity index (χ1v) is 8.19. The molecule has 3 nitrogen and oxygen atoms in total. The second-order valence-electron chi connectivity index (χ2n) is 4.93. The van der Waals surface area contributed by atoms with Crippen molar-refractivity contribution in [2.75, 3.05) is 6.54 Å². The Hall–Kier alpha value is -0.910. The molecule has 20 heavy (non-hydrogen) atoms. The molecule has 5 heteroatoms. The van der Waals surface area contributed by atoms with Gasteiger partial charge in [-0.05, 0) is 42.3 Å². The first kappa shape index (κ1) is 15.5. The van der Waals surface area contributed by atoms with Crippen LogP contribution in [-0.4, -0.2) is 16.5 Å². The number of benzene rings is 1. The summed E-state index contributed by atoms with van der Waals surface area (Å²) in [6.45, 7) is 6.31. The second kappa shape index (κ2) is 7.76. The SMILES string of the molecule is CC(C)CNCc1cc(Br)ccc1Sc1ccncn1. The summed E-state index contributed by atoms with van der Waals surface area (Å²) in [6, 6.07) is 8.29. The molecular formula is C15H18BrN3S. The molecule has 2 aromatic rings. The van der Waals surface area contributed by atoms with Gasteiger partial charge in [-0.15, -0.1) is 0 Å². The van der Waals surface area contributed by atoms with Crippen LogP contribution >= 0.6 is 27.7 Å². The molecule has 0 saturated heterocycles. The van der Waals surface area contributed by atoms with Crippen LogP contribution in [0.4, 0.5) is 0 Å². The maximum Gasteiger partial charge on any atom is 0.116 e. The number of hydrogen-bond donors (Lipinski definition) is 1. The summed E-state index contributed by atoms with van der Waals surface area (Å²) in [6.07, 6.45) is 3.35. The third-order valence-electron chi connectivity index (χ3n) is 2.66. The van der Waals surface area contributed by atoms with Crippen molar-refractivity contribution in [1.29, 1.82) is 0 Å². The van der Waals surface area contributed by atoms with Crippen LogP contribution in [0.2, 0.25) is 0 Å². The van der Waals surface area contributed by atoms with E-state index in [2.05, 4.69) is 63.3 Å². The zero-order valence-corrected chi connectivity index (χ0v) is 14.0. The molecule has 1 N–H and O–H groups in total. The Balaban J connectivity index is 2.11. The van der Waals surface area contributed by atoms with Gasteiger partial charge in [-0.25, -0.2) is 9.97 Å². The number of nitrogens with zero attached hydrogens (tertiary/aromatic N) is 2. The number of nitrogens with one attached hydrogen (secondary N) is 1. The van der Waals surface area contributed by atoms with Gasteiger partial charge in [-0.3, -0.25) is 0 Å². The number of rotatable bonds is 6. The van der Waals surface area contributed by atoms with Gasteiger partial charge < -0.3 is 5.32 Å². The Bertz CT molecular complexity index is 546. The van der Waals surface area contributed by atoms with E-state index in [0.717, 1.165) is 22.6 Å². The monoisotopic (exact) mass is 351 g/mol. The predicted molar refractivity (Wildman–Crippen MR) is 86.8 cm³/mol. The molecular weight excluding hydrogens is 334 g/mol. The van der Waals surface area contributed by atoms with Crippen LogP contribution in [0.25, 0.3) is 0 Å². The van der Waals surface area contributed by atoms with Crippen molar-refractivity contribution in [2.24, 2.45) is 5.92 Å². The molecule has 0 spiro atoms. The van der Waals surface area contributed by atoms with Crippen LogP contribution < -0.4 is 5.32 Å². The van der Waals surface area contributed by atoms with Crippen LogP contribution in [0.15, 0.2) is 51.2 Å². The number of hydrogen-bond acceptors (Lipinski definition) is 4. The standard InChI is InChI=1S/C15H18BrN3S/c1-11(2)8-18-9-12-7-13(16)3-4-14(12)20-15-5-6-17-10-19-15/h3-7,10-11,18H,8-9H2,1-2H3. The van der Waals surface area contributed by atoms with Crippen molar-refractivity contribution in [3.8, 4) is 0 Å². The summed E-state index contributed by atoms with van der Waals surface area (Å²) in [5.74, 6) is 0.653. The first-order valence-electron chi connectivity index (χ1n) is 6.58. The van der Waals surface area contributed by atoms with E-state index >= 15 is 0 Å². The third-order valence-corrected chi connectivity index (χ3v) is 4.22. The maximum atomic E-state index is 4.27. The van der Waals surface area contributed by atoms with Gasteiger partial charge in [0.1, 0.15) is 11.4 Å². The second-order valence-corrected chi connectivity index (χ2v) is 6.90. The molecule has 2 rings (SSSR count). The third kappa shape index (κ3) is 4.89. The molecule has 0 atom stereocenters. The van der Waals surface area contributed by atoms with Gasteiger partial charge in [-0.1, -0.05) is 41.5 Å². The van der Waals surface area contributed by atoms with Crippen molar-refractivity contribution in [3.63, 3.8) is 0 Å². The lowest BCUT2D eigenvalue weighted by molar-refractivity contribution is 0.550. The lowest BCUT2D eigenvalue weighted by Gasteiger charge is -2.12. The zero-order valence-electron chi connectivity index (χ0n) is 11.6. The highest BCUT2D eigenvalue weighted by molar-refractivity contribution is 9.10. The van der Waals surface area contributed by atoms with Gasteiger partial charge in [0.05, 0.1) is 0 Å². The molecule has 0 unspecified atom stereocenters. The molecule has 0 fully saturated rings. The van der Waals surface area contributed by atoms with E-state index in [1.807, 2.05) is 6.07 Å². The van der Waals surface area contributed by atoms with Gasteiger partial charge in [0.2, 0.25) is 0 Å². The van der Waals surface area contributed by atoms with E-state index in [0.29, 0.717) is 5.92 Å². The van der Waals surface area contributed by atoms with Crippen LogP contribution in [-0.2, 0) is 6.54 Å². The number of halogens is 1. The van der Waals surface area contributed by atoms with Gasteiger partial charge in [0.15, 0.2) is 0 Å². The van der Waals surface area contributed by atoms with Crippen LogP contribution in [0.1, 0.15) is 19.4 Å². The molecule has 1 aromatic carbocycles. The topological polar surface area (TPSA) is 37.8 Å². The lowest BCUT2D eigenvalue weighted by atomic mass is 10.2. The highest BCUT2D eigenvalue weighted by Gasteiger charge is 2.06. The molecule has 0 saturated carbocycles. The van der Waals surface area contributed by atoms with Crippen LogP contribution in [0, 0.1) is 5.92 Å². The maximum absolute atomic E-state index is 4.27. The molecule has 0 aliphatic carbocycles. The molecule has 0 radical (unpaired) electrons. The lowest BCUT2D eigenvalue weighted by Crippen LogP contribution is -2.19. The highest BCUT2D eigenvalue weighted by atomic mass is 79.9. The zero-order chi connectivity index (χ0) is 14.4. The summed E-state index contributed by atoms with van der Waals surface area (Å²) >= 11 is 5.21. The first-order chi connectivity index (χ1) is 9.65. The van der Waals surface area contributed by atoms with E-state index in [1.54, 1.807) is 24.3 Å². The van der Waals surface area contributed by atoms with Gasteiger partial charge in [-0.2, -0.15) is 0 Å². The number of aromatic nitrogens is 2. The minimum Gasteiger partial charge on any atom is -0.312 e. The highest BCUT2D eigenvalue weighted by Crippen LogP contribution is 2.30. The summed E-state index contributed by atoms with van der Waals surface area (Å²) in [4.78, 5) is 9.44. The fourth-order valence-electron chi connectivity index (χ4n) is 1.73. The van der Waals surface area contributed by atoms with Crippen molar-refractivity contribution in [2.45, 2.75) is 30.3 Å². The van der Waals surface area contributed by atoms with E-state index in [9.17, 15) is 0 Å². The molecule has 1 aromatic heterocycles. The minimum absolute atomic E-state index is 0.653. The van der Waals surface area contributed by atoms with E-state index in [4.69, 9.17) is 0 Å².